The molecule has 262 valence electrons. The average molecular weight is 712 g/mol. The van der Waals surface area contributed by atoms with Crippen LogP contribution in [-0.2, 0) is 5.41 Å². The van der Waals surface area contributed by atoms with E-state index in [-0.39, 0.29) is 5.41 Å². The molecule has 0 saturated heterocycles. The van der Waals surface area contributed by atoms with Gasteiger partial charge in [0.05, 0.1) is 11.0 Å². The van der Waals surface area contributed by atoms with Crippen molar-refractivity contribution in [1.29, 1.82) is 0 Å². The molecule has 0 N–H and O–H groups in total. The molecule has 1 aliphatic rings. The number of benzene rings is 10. The molecule has 0 atom stereocenters. The van der Waals surface area contributed by atoms with Crippen LogP contribution in [0.15, 0.2) is 188 Å². The summed E-state index contributed by atoms with van der Waals surface area (Å²) in [5.74, 6) is 0. The molecule has 0 radical (unpaired) electrons. The molecule has 0 amide bonds. The minimum absolute atomic E-state index is 0.243. The van der Waals surface area contributed by atoms with Gasteiger partial charge >= 0.3 is 0 Å². The van der Waals surface area contributed by atoms with Gasteiger partial charge in [0, 0.05) is 27.3 Å². The standard InChI is InChI=1S/C55H37N/c1-55(2)48-33-50-45(44-30-29-34-17-9-10-22-37(34)54(44)56(50)36-20-7-4-8-21-36)31-47(48)53-39-24-12-11-23-38(39)46(32-49(53)55)52-42-27-15-13-25-40(42)51(35-18-5-3-6-19-35)41-26-14-16-28-43(41)52/h3-33H,1-2H3. The number of fused-ring (bicyclic) bond motifs is 12. The van der Waals surface area contributed by atoms with Crippen LogP contribution in [-0.4, -0.2) is 4.57 Å². The first-order valence-corrected chi connectivity index (χ1v) is 19.7. The lowest BCUT2D eigenvalue weighted by Gasteiger charge is -2.24. The van der Waals surface area contributed by atoms with Crippen LogP contribution in [0.2, 0.25) is 0 Å². The van der Waals surface area contributed by atoms with Crippen molar-refractivity contribution in [3.63, 3.8) is 0 Å². The van der Waals surface area contributed by atoms with Crippen molar-refractivity contribution in [3.05, 3.63) is 199 Å². The Balaban J connectivity index is 1.19. The molecule has 1 nitrogen and oxygen atoms in total. The molecule has 1 aliphatic carbocycles. The number of hydrogen-bond donors (Lipinski definition) is 0. The number of aromatic nitrogens is 1. The molecule has 56 heavy (non-hydrogen) atoms. The Morgan fingerprint density at radius 1 is 0.357 bits per heavy atom. The van der Waals surface area contributed by atoms with E-state index in [0.717, 1.165) is 0 Å². The summed E-state index contributed by atoms with van der Waals surface area (Å²) in [7, 11) is 0. The second-order valence-corrected chi connectivity index (χ2v) is 16.0. The molecule has 12 rings (SSSR count). The summed E-state index contributed by atoms with van der Waals surface area (Å²) < 4.78 is 2.50. The Hall–Kier alpha value is -6.96. The Morgan fingerprint density at radius 2 is 0.893 bits per heavy atom. The molecule has 0 aliphatic heterocycles. The summed E-state index contributed by atoms with van der Waals surface area (Å²) in [5.41, 5.74) is 14.1. The summed E-state index contributed by atoms with van der Waals surface area (Å²) in [6, 6.07) is 70.0. The zero-order chi connectivity index (χ0) is 37.1. The number of nitrogens with zero attached hydrogens (tertiary/aromatic N) is 1. The zero-order valence-corrected chi connectivity index (χ0v) is 31.3. The van der Waals surface area contributed by atoms with Crippen molar-refractivity contribution in [2.45, 2.75) is 19.3 Å². The van der Waals surface area contributed by atoms with E-state index in [0.29, 0.717) is 0 Å². The van der Waals surface area contributed by atoms with E-state index in [1.807, 2.05) is 0 Å². The maximum Gasteiger partial charge on any atom is 0.0619 e. The van der Waals surface area contributed by atoms with E-state index in [1.54, 1.807) is 0 Å². The van der Waals surface area contributed by atoms with Crippen molar-refractivity contribution >= 4 is 64.9 Å². The second kappa shape index (κ2) is 11.5. The number of hydrogen-bond acceptors (Lipinski definition) is 0. The van der Waals surface area contributed by atoms with E-state index in [2.05, 4.69) is 206 Å². The maximum atomic E-state index is 2.55. The Labute approximate surface area is 325 Å². The molecular weight excluding hydrogens is 675 g/mol. The molecule has 11 aromatic rings. The molecule has 1 heteroatoms. The Morgan fingerprint density at radius 3 is 1.55 bits per heavy atom. The molecule has 10 aromatic carbocycles. The largest absolute Gasteiger partial charge is 0.309 e. The van der Waals surface area contributed by atoms with Crippen LogP contribution in [0, 0.1) is 0 Å². The molecule has 1 heterocycles. The van der Waals surface area contributed by atoms with Crippen LogP contribution in [0.25, 0.3) is 104 Å². The van der Waals surface area contributed by atoms with Gasteiger partial charge in [0.15, 0.2) is 0 Å². The summed E-state index contributed by atoms with van der Waals surface area (Å²) >= 11 is 0. The van der Waals surface area contributed by atoms with Crippen molar-refractivity contribution in [3.8, 4) is 39.1 Å². The van der Waals surface area contributed by atoms with E-state index in [4.69, 9.17) is 0 Å². The predicted octanol–water partition coefficient (Wildman–Crippen LogP) is 15.0. The predicted molar refractivity (Wildman–Crippen MR) is 239 cm³/mol. The summed E-state index contributed by atoms with van der Waals surface area (Å²) in [4.78, 5) is 0. The van der Waals surface area contributed by atoms with Gasteiger partial charge in [-0.15, -0.1) is 0 Å². The van der Waals surface area contributed by atoms with Crippen molar-refractivity contribution < 1.29 is 0 Å². The van der Waals surface area contributed by atoms with Gasteiger partial charge in [-0.25, -0.2) is 0 Å². The third-order valence-electron chi connectivity index (χ3n) is 12.7. The summed E-state index contributed by atoms with van der Waals surface area (Å²) in [6.07, 6.45) is 0. The first-order chi connectivity index (χ1) is 27.6. The van der Waals surface area contributed by atoms with Crippen LogP contribution in [0.1, 0.15) is 25.0 Å². The fraction of sp³-hybridized carbons (Fsp3) is 0.0545. The lowest BCUT2D eigenvalue weighted by atomic mass is 9.79. The number of para-hydroxylation sites is 1. The molecule has 0 spiro atoms. The molecular formula is C55H37N. The topological polar surface area (TPSA) is 4.93 Å². The molecule has 0 saturated carbocycles. The first kappa shape index (κ1) is 31.4. The van der Waals surface area contributed by atoms with Gasteiger partial charge < -0.3 is 4.57 Å². The van der Waals surface area contributed by atoms with Crippen molar-refractivity contribution in [1.82, 2.24) is 4.57 Å². The van der Waals surface area contributed by atoms with Crippen molar-refractivity contribution in [2.24, 2.45) is 0 Å². The highest BCUT2D eigenvalue weighted by atomic mass is 15.0. The summed E-state index contributed by atoms with van der Waals surface area (Å²) in [5, 5.41) is 12.8. The molecule has 0 fully saturated rings. The third kappa shape index (κ3) is 4.20. The molecule has 1 aromatic heterocycles. The van der Waals surface area contributed by atoms with Crippen LogP contribution < -0.4 is 0 Å². The third-order valence-corrected chi connectivity index (χ3v) is 12.7. The van der Waals surface area contributed by atoms with E-state index < -0.39 is 0 Å². The first-order valence-electron chi connectivity index (χ1n) is 19.7. The number of rotatable bonds is 3. The minimum Gasteiger partial charge on any atom is -0.309 e. The van der Waals surface area contributed by atoms with Gasteiger partial charge in [-0.05, 0) is 113 Å². The van der Waals surface area contributed by atoms with E-state index in [1.165, 1.54) is 115 Å². The molecule has 0 unspecified atom stereocenters. The SMILES string of the molecule is CC1(C)c2cc3c(cc2-c2c1cc(-c1c4ccccc4c(-c4ccccc4)c4ccccc14)c1ccccc21)c1ccc2ccccc2c1n3-c1ccccc1. The highest BCUT2D eigenvalue weighted by molar-refractivity contribution is 6.25. The fourth-order valence-corrected chi connectivity index (χ4v) is 10.2. The maximum absolute atomic E-state index is 2.55. The highest BCUT2D eigenvalue weighted by Crippen LogP contribution is 2.56. The van der Waals surface area contributed by atoms with Gasteiger partial charge in [0.25, 0.3) is 0 Å². The van der Waals surface area contributed by atoms with Crippen LogP contribution in [0.3, 0.4) is 0 Å². The van der Waals surface area contributed by atoms with Gasteiger partial charge in [-0.2, -0.15) is 0 Å². The Kier molecular flexibility index (Phi) is 6.46. The quantitative estimate of drug-likeness (QED) is 0.161. The van der Waals surface area contributed by atoms with Crippen LogP contribution in [0.5, 0.6) is 0 Å². The lowest BCUT2D eigenvalue weighted by Crippen LogP contribution is -2.15. The fourth-order valence-electron chi connectivity index (χ4n) is 10.2. The highest BCUT2D eigenvalue weighted by Gasteiger charge is 2.38. The van der Waals surface area contributed by atoms with Crippen LogP contribution in [0.4, 0.5) is 0 Å². The zero-order valence-electron chi connectivity index (χ0n) is 31.3. The molecule has 0 bridgehead atoms. The van der Waals surface area contributed by atoms with Gasteiger partial charge in [0.2, 0.25) is 0 Å². The lowest BCUT2D eigenvalue weighted by molar-refractivity contribution is 0.661. The van der Waals surface area contributed by atoms with Gasteiger partial charge in [-0.1, -0.05) is 172 Å². The van der Waals surface area contributed by atoms with Gasteiger partial charge in [0.1, 0.15) is 0 Å². The monoisotopic (exact) mass is 711 g/mol. The van der Waals surface area contributed by atoms with Crippen molar-refractivity contribution in [2.75, 3.05) is 0 Å². The summed E-state index contributed by atoms with van der Waals surface area (Å²) in [6.45, 7) is 4.86. The smallest absolute Gasteiger partial charge is 0.0619 e. The van der Waals surface area contributed by atoms with Crippen LogP contribution >= 0.6 is 0 Å². The minimum atomic E-state index is -0.243. The van der Waals surface area contributed by atoms with Gasteiger partial charge in [-0.3, -0.25) is 0 Å². The second-order valence-electron chi connectivity index (χ2n) is 16.0. The van der Waals surface area contributed by atoms with E-state index >= 15 is 0 Å². The Bertz CT molecular complexity index is 3360. The average Bonchev–Trinajstić information content (AvgIpc) is 3.70. The normalized spacial score (nSPS) is 13.3. The van der Waals surface area contributed by atoms with E-state index in [9.17, 15) is 0 Å².